The van der Waals surface area contributed by atoms with Gasteiger partial charge in [0.05, 0.1) is 0 Å². The lowest BCUT2D eigenvalue weighted by atomic mass is 9.89. The topological polar surface area (TPSA) is 0 Å². The summed E-state index contributed by atoms with van der Waals surface area (Å²) in [5.74, 6) is -0.377. The van der Waals surface area contributed by atoms with Crippen molar-refractivity contribution in [2.75, 3.05) is 0 Å². The molecule has 2 heteroatoms. The molecule has 2 aromatic rings. The highest BCUT2D eigenvalue weighted by molar-refractivity contribution is 5.66. The molecule has 24 heavy (non-hydrogen) atoms. The standard InChI is InChI=1S/C22H22F2/c1-15-3-6-17(7-4-15)8-9-18-10-12-19(13-11-18)20-14-5-16(2)21(23)22(20)24/h3,5-6,8-15,17H,4,7H2,1-2H3/b9-8+. The highest BCUT2D eigenvalue weighted by atomic mass is 19.2. The van der Waals surface area contributed by atoms with Crippen LogP contribution in [-0.2, 0) is 0 Å². The third-order valence-electron chi connectivity index (χ3n) is 4.68. The van der Waals surface area contributed by atoms with Gasteiger partial charge in [0.25, 0.3) is 0 Å². The van der Waals surface area contributed by atoms with Crippen molar-refractivity contribution in [3.8, 4) is 11.1 Å². The van der Waals surface area contributed by atoms with Gasteiger partial charge < -0.3 is 0 Å². The van der Waals surface area contributed by atoms with E-state index in [1.165, 1.54) is 12.8 Å². The van der Waals surface area contributed by atoms with Gasteiger partial charge in [0.15, 0.2) is 11.6 Å². The van der Waals surface area contributed by atoms with Crippen molar-refractivity contribution in [3.05, 3.63) is 77.4 Å². The first kappa shape index (κ1) is 16.6. The van der Waals surface area contributed by atoms with Crippen LogP contribution in [0.1, 0.15) is 30.9 Å². The lowest BCUT2D eigenvalue weighted by Gasteiger charge is -2.16. The van der Waals surface area contributed by atoms with Crippen LogP contribution in [0.2, 0.25) is 0 Å². The molecule has 0 aromatic heterocycles. The summed E-state index contributed by atoms with van der Waals surface area (Å²) < 4.78 is 27.8. The fraction of sp³-hybridized carbons (Fsp3) is 0.273. The number of hydrogen-bond donors (Lipinski definition) is 0. The minimum absolute atomic E-state index is 0.304. The number of rotatable bonds is 3. The van der Waals surface area contributed by atoms with E-state index in [0.29, 0.717) is 28.5 Å². The molecule has 3 rings (SSSR count). The highest BCUT2D eigenvalue weighted by Gasteiger charge is 2.12. The van der Waals surface area contributed by atoms with Gasteiger partial charge in [0, 0.05) is 5.56 Å². The third kappa shape index (κ3) is 3.64. The van der Waals surface area contributed by atoms with Gasteiger partial charge in [-0.25, -0.2) is 8.78 Å². The number of halogens is 2. The van der Waals surface area contributed by atoms with E-state index in [-0.39, 0.29) is 0 Å². The minimum Gasteiger partial charge on any atom is -0.203 e. The van der Waals surface area contributed by atoms with Gasteiger partial charge >= 0.3 is 0 Å². The zero-order valence-electron chi connectivity index (χ0n) is 14.1. The number of benzene rings is 2. The van der Waals surface area contributed by atoms with E-state index in [1.54, 1.807) is 19.1 Å². The Bertz CT molecular complexity index is 769. The Balaban J connectivity index is 1.76. The molecule has 0 aliphatic heterocycles. The van der Waals surface area contributed by atoms with Crippen LogP contribution in [0.5, 0.6) is 0 Å². The second-order valence-corrected chi connectivity index (χ2v) is 6.64. The molecule has 0 amide bonds. The third-order valence-corrected chi connectivity index (χ3v) is 4.68. The summed E-state index contributed by atoms with van der Waals surface area (Å²) in [5, 5.41) is 0. The molecule has 2 aromatic carbocycles. The second kappa shape index (κ2) is 7.12. The van der Waals surface area contributed by atoms with Crippen molar-refractivity contribution < 1.29 is 8.78 Å². The van der Waals surface area contributed by atoms with Gasteiger partial charge in [0.2, 0.25) is 0 Å². The van der Waals surface area contributed by atoms with Crippen LogP contribution < -0.4 is 0 Å². The Morgan fingerprint density at radius 2 is 1.67 bits per heavy atom. The Morgan fingerprint density at radius 3 is 2.33 bits per heavy atom. The molecule has 124 valence electrons. The molecule has 1 aliphatic carbocycles. The van der Waals surface area contributed by atoms with Gasteiger partial charge in [-0.15, -0.1) is 0 Å². The zero-order valence-corrected chi connectivity index (χ0v) is 14.1. The monoisotopic (exact) mass is 324 g/mol. The molecular weight excluding hydrogens is 302 g/mol. The van der Waals surface area contributed by atoms with Crippen LogP contribution in [0.3, 0.4) is 0 Å². The molecule has 0 N–H and O–H groups in total. The normalized spacial score (nSPS) is 20.7. The molecule has 1 aliphatic rings. The van der Waals surface area contributed by atoms with E-state index in [4.69, 9.17) is 0 Å². The highest BCUT2D eigenvalue weighted by Crippen LogP contribution is 2.27. The van der Waals surface area contributed by atoms with Crippen molar-refractivity contribution in [1.82, 2.24) is 0 Å². The van der Waals surface area contributed by atoms with E-state index in [0.717, 1.165) is 5.56 Å². The summed E-state index contributed by atoms with van der Waals surface area (Å²) in [5.41, 5.74) is 2.39. The van der Waals surface area contributed by atoms with Crippen molar-refractivity contribution in [3.63, 3.8) is 0 Å². The molecule has 0 nitrogen and oxygen atoms in total. The zero-order chi connectivity index (χ0) is 17.1. The maximum Gasteiger partial charge on any atom is 0.166 e. The molecule has 2 atom stereocenters. The van der Waals surface area contributed by atoms with Crippen LogP contribution in [0, 0.1) is 30.4 Å². The SMILES string of the molecule is Cc1ccc(-c2ccc(/C=C/C3C=CC(C)CC3)cc2)c(F)c1F. The summed E-state index contributed by atoms with van der Waals surface area (Å²) in [6, 6.07) is 10.8. The number of hydrogen-bond acceptors (Lipinski definition) is 0. The van der Waals surface area contributed by atoms with E-state index in [1.807, 2.05) is 24.3 Å². The van der Waals surface area contributed by atoms with Gasteiger partial charge in [0.1, 0.15) is 0 Å². The largest absolute Gasteiger partial charge is 0.203 e. The number of allylic oxidation sites excluding steroid dienone is 3. The van der Waals surface area contributed by atoms with Crippen molar-refractivity contribution >= 4 is 6.08 Å². The molecule has 2 unspecified atom stereocenters. The Labute approximate surface area is 142 Å². The van der Waals surface area contributed by atoms with E-state index >= 15 is 0 Å². The summed E-state index contributed by atoms with van der Waals surface area (Å²) in [7, 11) is 0. The molecule has 0 bridgehead atoms. The Kier molecular flexibility index (Phi) is 4.94. The number of aryl methyl sites for hydroxylation is 1. The van der Waals surface area contributed by atoms with E-state index < -0.39 is 11.6 Å². The van der Waals surface area contributed by atoms with Crippen LogP contribution in [0.4, 0.5) is 8.78 Å². The fourth-order valence-corrected chi connectivity index (χ4v) is 3.02. The lowest BCUT2D eigenvalue weighted by molar-refractivity contribution is 0.505. The van der Waals surface area contributed by atoms with E-state index in [2.05, 4.69) is 31.2 Å². The molecule has 0 heterocycles. The molecular formula is C22H22F2. The van der Waals surface area contributed by atoms with E-state index in [9.17, 15) is 8.78 Å². The summed E-state index contributed by atoms with van der Waals surface area (Å²) >= 11 is 0. The minimum atomic E-state index is -0.778. The van der Waals surface area contributed by atoms with Crippen LogP contribution in [-0.4, -0.2) is 0 Å². The van der Waals surface area contributed by atoms with Gasteiger partial charge in [-0.2, -0.15) is 0 Å². The van der Waals surface area contributed by atoms with Crippen LogP contribution in [0.25, 0.3) is 17.2 Å². The Morgan fingerprint density at radius 1 is 0.917 bits per heavy atom. The van der Waals surface area contributed by atoms with Crippen molar-refractivity contribution in [2.24, 2.45) is 11.8 Å². The fourth-order valence-electron chi connectivity index (χ4n) is 3.02. The van der Waals surface area contributed by atoms with Crippen molar-refractivity contribution in [2.45, 2.75) is 26.7 Å². The summed E-state index contributed by atoms with van der Waals surface area (Å²) in [4.78, 5) is 0. The summed E-state index contributed by atoms with van der Waals surface area (Å²) in [6.07, 6.45) is 11.3. The van der Waals surface area contributed by atoms with Crippen LogP contribution in [0.15, 0.2) is 54.6 Å². The first-order valence-corrected chi connectivity index (χ1v) is 8.46. The molecule has 0 saturated heterocycles. The Hall–Kier alpha value is -2.22. The molecule has 0 spiro atoms. The van der Waals surface area contributed by atoms with Crippen molar-refractivity contribution in [1.29, 1.82) is 0 Å². The quantitative estimate of drug-likeness (QED) is 0.561. The van der Waals surface area contributed by atoms with Gasteiger partial charge in [-0.05, 0) is 48.3 Å². The van der Waals surface area contributed by atoms with Gasteiger partial charge in [-0.1, -0.05) is 67.6 Å². The average Bonchev–Trinajstić information content (AvgIpc) is 2.60. The first-order chi connectivity index (χ1) is 11.5. The molecule has 0 saturated carbocycles. The van der Waals surface area contributed by atoms with Gasteiger partial charge in [-0.3, -0.25) is 0 Å². The smallest absolute Gasteiger partial charge is 0.166 e. The van der Waals surface area contributed by atoms with Crippen LogP contribution >= 0.6 is 0 Å². The maximum atomic E-state index is 14.1. The first-order valence-electron chi connectivity index (χ1n) is 8.46. The molecule has 0 radical (unpaired) electrons. The summed E-state index contributed by atoms with van der Waals surface area (Å²) in [6.45, 7) is 3.80. The second-order valence-electron chi connectivity index (χ2n) is 6.64. The predicted octanol–water partition coefficient (Wildman–Crippen LogP) is 6.56. The lowest BCUT2D eigenvalue weighted by Crippen LogP contribution is -2.03. The predicted molar refractivity (Wildman–Crippen MR) is 96.6 cm³/mol. The molecule has 0 fully saturated rings. The maximum absolute atomic E-state index is 14.1. The average molecular weight is 324 g/mol.